The van der Waals surface area contributed by atoms with Crippen molar-refractivity contribution in [3.05, 3.63) is 93.9 Å². The Morgan fingerprint density at radius 2 is 1.83 bits per heavy atom. The number of nitrogens with zero attached hydrogens (tertiary/aromatic N) is 2. The molecule has 2 aromatic carbocycles. The highest BCUT2D eigenvalue weighted by molar-refractivity contribution is 6.00. The fraction of sp³-hybridized carbons (Fsp3) is 0.143. The first-order valence-corrected chi connectivity index (χ1v) is 8.86. The van der Waals surface area contributed by atoms with Crippen LogP contribution in [0.3, 0.4) is 0 Å². The molecular weight excluding hydrogens is 374 g/mol. The van der Waals surface area contributed by atoms with Crippen LogP contribution in [-0.4, -0.2) is 28.2 Å². The molecule has 1 aromatic heterocycles. The minimum Gasteiger partial charge on any atom is -0.467 e. The second kappa shape index (κ2) is 8.83. The molecule has 148 valence electrons. The van der Waals surface area contributed by atoms with Gasteiger partial charge in [-0.2, -0.15) is 0 Å². The molecule has 0 atom stereocenters. The summed E-state index contributed by atoms with van der Waals surface area (Å²) in [4.78, 5) is 37.6. The van der Waals surface area contributed by atoms with Crippen LogP contribution in [0.4, 0.5) is 11.4 Å². The number of anilines is 1. The number of nitro groups is 1. The second-order valence-electron chi connectivity index (χ2n) is 6.36. The summed E-state index contributed by atoms with van der Waals surface area (Å²) in [5.74, 6) is -0.390. The van der Waals surface area contributed by atoms with Crippen molar-refractivity contribution < 1.29 is 18.9 Å². The fourth-order valence-electron chi connectivity index (χ4n) is 2.91. The number of rotatable bonds is 7. The van der Waals surface area contributed by atoms with Crippen molar-refractivity contribution in [1.29, 1.82) is 0 Å². The van der Waals surface area contributed by atoms with Crippen LogP contribution in [0.1, 0.15) is 21.7 Å². The Balaban J connectivity index is 1.85. The molecule has 8 nitrogen and oxygen atoms in total. The molecule has 0 bridgehead atoms. The van der Waals surface area contributed by atoms with Crippen LogP contribution in [-0.2, 0) is 11.3 Å². The Labute approximate surface area is 166 Å². The molecule has 3 rings (SSSR count). The largest absolute Gasteiger partial charge is 0.467 e. The standard InChI is InChI=1S/C21H19N3O5/c1-15-18(10-5-11-19(15)24(27)28)21(26)23(13-17-9-6-12-29-17)14-20(25)22-16-7-3-2-4-8-16/h2-12H,13-14H2,1H3,(H,22,25). The molecule has 0 fully saturated rings. The van der Waals surface area contributed by atoms with Crippen LogP contribution in [0.15, 0.2) is 71.3 Å². The van der Waals surface area contributed by atoms with Crippen molar-refractivity contribution in [2.24, 2.45) is 0 Å². The van der Waals surface area contributed by atoms with E-state index in [9.17, 15) is 19.7 Å². The monoisotopic (exact) mass is 393 g/mol. The van der Waals surface area contributed by atoms with Crippen LogP contribution in [0.25, 0.3) is 0 Å². The van der Waals surface area contributed by atoms with E-state index < -0.39 is 10.8 Å². The summed E-state index contributed by atoms with van der Waals surface area (Å²) in [6, 6.07) is 16.5. The van der Waals surface area contributed by atoms with Gasteiger partial charge in [0.05, 0.1) is 17.7 Å². The average Bonchev–Trinajstić information content (AvgIpc) is 3.21. The molecule has 1 heterocycles. The second-order valence-corrected chi connectivity index (χ2v) is 6.36. The molecule has 3 aromatic rings. The first kappa shape index (κ1) is 19.8. The van der Waals surface area contributed by atoms with Gasteiger partial charge in [0.2, 0.25) is 5.91 Å². The van der Waals surface area contributed by atoms with Gasteiger partial charge in [0.1, 0.15) is 12.3 Å². The number of para-hydroxylation sites is 1. The summed E-state index contributed by atoms with van der Waals surface area (Å²) < 4.78 is 5.31. The first-order chi connectivity index (χ1) is 14.0. The molecule has 1 N–H and O–H groups in total. The first-order valence-electron chi connectivity index (χ1n) is 8.86. The molecule has 0 aliphatic rings. The summed E-state index contributed by atoms with van der Waals surface area (Å²) in [6.07, 6.45) is 1.47. The zero-order valence-electron chi connectivity index (χ0n) is 15.7. The van der Waals surface area contributed by atoms with Crippen molar-refractivity contribution in [2.75, 3.05) is 11.9 Å². The number of furan rings is 1. The maximum absolute atomic E-state index is 13.1. The van der Waals surface area contributed by atoms with E-state index in [0.29, 0.717) is 11.4 Å². The van der Waals surface area contributed by atoms with E-state index >= 15 is 0 Å². The average molecular weight is 393 g/mol. The zero-order chi connectivity index (χ0) is 20.8. The molecule has 0 saturated heterocycles. The Morgan fingerprint density at radius 1 is 1.07 bits per heavy atom. The molecule has 0 aliphatic carbocycles. The highest BCUT2D eigenvalue weighted by atomic mass is 16.6. The van der Waals surface area contributed by atoms with E-state index in [4.69, 9.17) is 4.42 Å². The molecule has 8 heteroatoms. The van der Waals surface area contributed by atoms with Crippen LogP contribution < -0.4 is 5.32 Å². The molecule has 0 aliphatic heterocycles. The summed E-state index contributed by atoms with van der Waals surface area (Å²) in [7, 11) is 0. The lowest BCUT2D eigenvalue weighted by Crippen LogP contribution is -2.37. The topological polar surface area (TPSA) is 106 Å². The molecular formula is C21H19N3O5. The van der Waals surface area contributed by atoms with Crippen molar-refractivity contribution in [2.45, 2.75) is 13.5 Å². The smallest absolute Gasteiger partial charge is 0.273 e. The quantitative estimate of drug-likeness (QED) is 0.486. The van der Waals surface area contributed by atoms with Crippen molar-refractivity contribution in [3.63, 3.8) is 0 Å². The van der Waals surface area contributed by atoms with Crippen LogP contribution in [0.2, 0.25) is 0 Å². The minimum absolute atomic E-state index is 0.0518. The lowest BCUT2D eigenvalue weighted by molar-refractivity contribution is -0.385. The van der Waals surface area contributed by atoms with Crippen LogP contribution in [0, 0.1) is 17.0 Å². The Hall–Kier alpha value is -3.94. The Bertz CT molecular complexity index is 1020. The van der Waals surface area contributed by atoms with E-state index in [1.165, 1.54) is 36.3 Å². The number of hydrogen-bond donors (Lipinski definition) is 1. The van der Waals surface area contributed by atoms with Gasteiger partial charge in [-0.15, -0.1) is 0 Å². The summed E-state index contributed by atoms with van der Waals surface area (Å²) in [5.41, 5.74) is 0.866. The van der Waals surface area contributed by atoms with Gasteiger partial charge >= 0.3 is 0 Å². The Kier molecular flexibility index (Phi) is 6.03. The van der Waals surface area contributed by atoms with E-state index in [0.717, 1.165) is 0 Å². The zero-order valence-corrected chi connectivity index (χ0v) is 15.7. The van der Waals surface area contributed by atoms with Gasteiger partial charge in [0, 0.05) is 22.9 Å². The van der Waals surface area contributed by atoms with Crippen LogP contribution >= 0.6 is 0 Å². The third kappa shape index (κ3) is 4.86. The third-order valence-corrected chi connectivity index (χ3v) is 4.34. The highest BCUT2D eigenvalue weighted by Gasteiger charge is 2.25. The van der Waals surface area contributed by atoms with Crippen LogP contribution in [0.5, 0.6) is 0 Å². The normalized spacial score (nSPS) is 10.4. The number of hydrogen-bond acceptors (Lipinski definition) is 5. The van der Waals surface area contributed by atoms with Gasteiger partial charge in [-0.25, -0.2) is 0 Å². The van der Waals surface area contributed by atoms with Gasteiger partial charge in [-0.05, 0) is 37.3 Å². The van der Waals surface area contributed by atoms with E-state index in [1.807, 2.05) is 6.07 Å². The van der Waals surface area contributed by atoms with Gasteiger partial charge < -0.3 is 14.6 Å². The predicted molar refractivity (Wildman–Crippen MR) is 106 cm³/mol. The van der Waals surface area contributed by atoms with Gasteiger partial charge in [-0.1, -0.05) is 24.3 Å². The minimum atomic E-state index is -0.537. The molecule has 0 unspecified atom stereocenters. The molecule has 2 amide bonds. The van der Waals surface area contributed by atoms with E-state index in [-0.39, 0.29) is 35.8 Å². The van der Waals surface area contributed by atoms with Crippen molar-refractivity contribution in [1.82, 2.24) is 4.90 Å². The number of carbonyl (C=O) groups is 2. The maximum atomic E-state index is 13.1. The lowest BCUT2D eigenvalue weighted by Gasteiger charge is -2.22. The molecule has 0 radical (unpaired) electrons. The fourth-order valence-corrected chi connectivity index (χ4v) is 2.91. The lowest BCUT2D eigenvalue weighted by atomic mass is 10.1. The summed E-state index contributed by atoms with van der Waals surface area (Å²) in [5, 5.41) is 13.9. The molecule has 29 heavy (non-hydrogen) atoms. The third-order valence-electron chi connectivity index (χ3n) is 4.34. The van der Waals surface area contributed by atoms with E-state index in [1.54, 1.807) is 36.4 Å². The van der Waals surface area contributed by atoms with Crippen molar-refractivity contribution in [3.8, 4) is 0 Å². The number of nitro benzene ring substituents is 1. The number of amides is 2. The van der Waals surface area contributed by atoms with Gasteiger partial charge in [0.25, 0.3) is 11.6 Å². The molecule has 0 spiro atoms. The summed E-state index contributed by atoms with van der Waals surface area (Å²) in [6.45, 7) is 1.33. The van der Waals surface area contributed by atoms with E-state index in [2.05, 4.69) is 5.32 Å². The maximum Gasteiger partial charge on any atom is 0.273 e. The highest BCUT2D eigenvalue weighted by Crippen LogP contribution is 2.23. The SMILES string of the molecule is Cc1c(C(=O)N(CC(=O)Nc2ccccc2)Cc2ccco2)cccc1[N+](=O)[O-]. The molecule has 0 saturated carbocycles. The van der Waals surface area contributed by atoms with Crippen molar-refractivity contribution >= 4 is 23.2 Å². The summed E-state index contributed by atoms with van der Waals surface area (Å²) >= 11 is 0. The Morgan fingerprint density at radius 3 is 2.48 bits per heavy atom. The van der Waals surface area contributed by atoms with Gasteiger partial charge in [0.15, 0.2) is 0 Å². The number of benzene rings is 2. The van der Waals surface area contributed by atoms with Gasteiger partial charge in [-0.3, -0.25) is 19.7 Å². The number of carbonyl (C=O) groups excluding carboxylic acids is 2. The number of nitrogens with one attached hydrogen (secondary N) is 1. The predicted octanol–water partition coefficient (Wildman–Crippen LogP) is 3.78.